The van der Waals surface area contributed by atoms with Crippen molar-refractivity contribution in [3.63, 3.8) is 0 Å². The van der Waals surface area contributed by atoms with E-state index in [1.807, 2.05) is 0 Å². The third-order valence-corrected chi connectivity index (χ3v) is 4.93. The molecule has 0 spiro atoms. The Morgan fingerprint density at radius 2 is 1.50 bits per heavy atom. The molecule has 2 aliphatic heterocycles. The number of imide groups is 1. The Kier molecular flexibility index (Phi) is 4.53. The molecule has 0 saturated carbocycles. The molecular weight excluding hydrogens is 335 g/mol. The fraction of sp³-hybridized carbons (Fsp3) is 0.300. The molecule has 6 heteroatoms. The number of nitrogens with zero attached hydrogens (tertiary/aromatic N) is 2. The number of hydrogen-bond acceptors (Lipinski definition) is 4. The number of morpholine rings is 1. The minimum Gasteiger partial charge on any atom is -0.379 e. The standard InChI is InChI=1S/C20H19FN2O3/c21-15-7-5-14(6-8-15)18(13-22-9-11-26-12-10-22)23-19(24)16-3-1-2-4-17(16)20(23)25/h1-8,18H,9-13H2. The summed E-state index contributed by atoms with van der Waals surface area (Å²) in [7, 11) is 0. The predicted octanol–water partition coefficient (Wildman–Crippen LogP) is 2.50. The highest BCUT2D eigenvalue weighted by molar-refractivity contribution is 6.21. The Balaban J connectivity index is 1.69. The molecule has 0 radical (unpaired) electrons. The van der Waals surface area contributed by atoms with Gasteiger partial charge < -0.3 is 4.74 Å². The Bertz CT molecular complexity index is 796. The van der Waals surface area contributed by atoms with E-state index >= 15 is 0 Å². The van der Waals surface area contributed by atoms with Gasteiger partial charge in [0.25, 0.3) is 11.8 Å². The number of halogens is 1. The van der Waals surface area contributed by atoms with Crippen LogP contribution in [0, 0.1) is 5.82 Å². The van der Waals surface area contributed by atoms with Crippen LogP contribution in [0.3, 0.4) is 0 Å². The highest BCUT2D eigenvalue weighted by Crippen LogP contribution is 2.32. The van der Waals surface area contributed by atoms with Crippen LogP contribution in [-0.2, 0) is 4.74 Å². The molecular formula is C20H19FN2O3. The summed E-state index contributed by atoms with van der Waals surface area (Å²) in [6.07, 6.45) is 0. The molecule has 5 nitrogen and oxygen atoms in total. The van der Waals surface area contributed by atoms with Gasteiger partial charge in [-0.15, -0.1) is 0 Å². The van der Waals surface area contributed by atoms with Crippen molar-refractivity contribution in [2.75, 3.05) is 32.8 Å². The largest absolute Gasteiger partial charge is 0.379 e. The molecule has 2 aromatic rings. The van der Waals surface area contributed by atoms with Gasteiger partial charge >= 0.3 is 0 Å². The molecule has 4 rings (SSSR count). The Morgan fingerprint density at radius 1 is 0.923 bits per heavy atom. The summed E-state index contributed by atoms with van der Waals surface area (Å²) in [5.74, 6) is -0.942. The Hall–Kier alpha value is -2.57. The maximum atomic E-state index is 13.4. The molecule has 2 aliphatic rings. The molecule has 0 aromatic heterocycles. The Morgan fingerprint density at radius 3 is 2.08 bits per heavy atom. The van der Waals surface area contributed by atoms with Crippen molar-refractivity contribution in [1.29, 1.82) is 0 Å². The van der Waals surface area contributed by atoms with Gasteiger partial charge in [0.05, 0.1) is 30.4 Å². The van der Waals surface area contributed by atoms with E-state index in [9.17, 15) is 14.0 Å². The summed E-state index contributed by atoms with van der Waals surface area (Å²) in [6.45, 7) is 3.22. The number of rotatable bonds is 4. The number of ether oxygens (including phenoxy) is 1. The average Bonchev–Trinajstić information content (AvgIpc) is 2.93. The first-order chi connectivity index (χ1) is 12.6. The zero-order valence-electron chi connectivity index (χ0n) is 14.2. The molecule has 0 N–H and O–H groups in total. The van der Waals surface area contributed by atoms with Gasteiger partial charge in [-0.25, -0.2) is 4.39 Å². The van der Waals surface area contributed by atoms with Crippen LogP contribution in [0.25, 0.3) is 0 Å². The first kappa shape index (κ1) is 16.9. The van der Waals surface area contributed by atoms with E-state index in [1.54, 1.807) is 36.4 Å². The summed E-state index contributed by atoms with van der Waals surface area (Å²) in [5, 5.41) is 0. The number of hydrogen-bond donors (Lipinski definition) is 0. The third kappa shape index (κ3) is 3.02. The van der Waals surface area contributed by atoms with Crippen LogP contribution < -0.4 is 0 Å². The molecule has 1 saturated heterocycles. The van der Waals surface area contributed by atoms with E-state index < -0.39 is 6.04 Å². The lowest BCUT2D eigenvalue weighted by molar-refractivity contribution is 0.0222. The van der Waals surface area contributed by atoms with E-state index in [0.717, 1.165) is 18.7 Å². The molecule has 134 valence electrons. The normalized spacial score (nSPS) is 18.9. The van der Waals surface area contributed by atoms with Crippen molar-refractivity contribution in [3.8, 4) is 0 Å². The number of fused-ring (bicyclic) bond motifs is 1. The monoisotopic (exact) mass is 354 g/mol. The van der Waals surface area contributed by atoms with Crippen LogP contribution >= 0.6 is 0 Å². The van der Waals surface area contributed by atoms with Crippen LogP contribution in [-0.4, -0.2) is 54.5 Å². The van der Waals surface area contributed by atoms with Gasteiger partial charge in [-0.05, 0) is 29.8 Å². The minimum atomic E-state index is -0.471. The van der Waals surface area contributed by atoms with E-state index in [1.165, 1.54) is 17.0 Å². The lowest BCUT2D eigenvalue weighted by Gasteiger charge is -2.34. The molecule has 0 aliphatic carbocycles. The van der Waals surface area contributed by atoms with Gasteiger partial charge in [-0.1, -0.05) is 24.3 Å². The van der Waals surface area contributed by atoms with E-state index in [0.29, 0.717) is 30.9 Å². The third-order valence-electron chi connectivity index (χ3n) is 4.93. The molecule has 26 heavy (non-hydrogen) atoms. The van der Waals surface area contributed by atoms with Crippen molar-refractivity contribution in [3.05, 3.63) is 71.0 Å². The topological polar surface area (TPSA) is 49.9 Å². The number of carbonyl (C=O) groups is 2. The van der Waals surface area contributed by atoms with Gasteiger partial charge in [0, 0.05) is 19.6 Å². The van der Waals surface area contributed by atoms with E-state index in [4.69, 9.17) is 4.74 Å². The second-order valence-corrected chi connectivity index (χ2v) is 6.51. The lowest BCUT2D eigenvalue weighted by Crippen LogP contribution is -2.45. The SMILES string of the molecule is O=C1c2ccccc2C(=O)N1C(CN1CCOCC1)c1ccc(F)cc1. The summed E-state index contributed by atoms with van der Waals surface area (Å²) in [6, 6.07) is 12.4. The first-order valence-electron chi connectivity index (χ1n) is 8.67. The Labute approximate surface area is 151 Å². The zero-order valence-corrected chi connectivity index (χ0v) is 14.2. The van der Waals surface area contributed by atoms with Crippen LogP contribution in [0.2, 0.25) is 0 Å². The maximum Gasteiger partial charge on any atom is 0.262 e. The van der Waals surface area contributed by atoms with Crippen molar-refractivity contribution < 1.29 is 18.7 Å². The molecule has 1 fully saturated rings. The van der Waals surface area contributed by atoms with Crippen molar-refractivity contribution in [2.24, 2.45) is 0 Å². The highest BCUT2D eigenvalue weighted by atomic mass is 19.1. The molecule has 2 amide bonds. The summed E-state index contributed by atoms with van der Waals surface area (Å²) in [5.41, 5.74) is 1.59. The van der Waals surface area contributed by atoms with E-state index in [-0.39, 0.29) is 17.6 Å². The van der Waals surface area contributed by atoms with Gasteiger partial charge in [0.2, 0.25) is 0 Å². The predicted molar refractivity (Wildman–Crippen MR) is 93.3 cm³/mol. The van der Waals surface area contributed by atoms with E-state index in [2.05, 4.69) is 4.90 Å². The second-order valence-electron chi connectivity index (χ2n) is 6.51. The highest BCUT2D eigenvalue weighted by Gasteiger charge is 2.41. The fourth-order valence-corrected chi connectivity index (χ4v) is 3.54. The molecule has 1 atom stereocenters. The van der Waals surface area contributed by atoms with Gasteiger partial charge in [-0.3, -0.25) is 19.4 Å². The number of amides is 2. The minimum absolute atomic E-state index is 0.298. The van der Waals surface area contributed by atoms with Gasteiger partial charge in [0.1, 0.15) is 5.82 Å². The number of carbonyl (C=O) groups excluding carboxylic acids is 2. The zero-order chi connectivity index (χ0) is 18.1. The van der Waals surface area contributed by atoms with Gasteiger partial charge in [-0.2, -0.15) is 0 Å². The molecule has 0 bridgehead atoms. The number of benzene rings is 2. The van der Waals surface area contributed by atoms with Crippen molar-refractivity contribution in [2.45, 2.75) is 6.04 Å². The second kappa shape index (κ2) is 6.97. The summed E-state index contributed by atoms with van der Waals surface area (Å²) < 4.78 is 18.8. The van der Waals surface area contributed by atoms with Crippen molar-refractivity contribution >= 4 is 11.8 Å². The van der Waals surface area contributed by atoms with Gasteiger partial charge in [0.15, 0.2) is 0 Å². The summed E-state index contributed by atoms with van der Waals surface area (Å²) in [4.78, 5) is 29.3. The maximum absolute atomic E-state index is 13.4. The summed E-state index contributed by atoms with van der Waals surface area (Å²) >= 11 is 0. The molecule has 1 unspecified atom stereocenters. The average molecular weight is 354 g/mol. The van der Waals surface area contributed by atoms with Crippen LogP contribution in [0.5, 0.6) is 0 Å². The quantitative estimate of drug-likeness (QED) is 0.792. The van der Waals surface area contributed by atoms with Crippen molar-refractivity contribution in [1.82, 2.24) is 9.80 Å². The van der Waals surface area contributed by atoms with Crippen LogP contribution in [0.15, 0.2) is 48.5 Å². The molecule has 2 aromatic carbocycles. The lowest BCUT2D eigenvalue weighted by atomic mass is 10.0. The fourth-order valence-electron chi connectivity index (χ4n) is 3.54. The first-order valence-corrected chi connectivity index (χ1v) is 8.67. The van der Waals surface area contributed by atoms with Crippen LogP contribution in [0.4, 0.5) is 4.39 Å². The van der Waals surface area contributed by atoms with Crippen LogP contribution in [0.1, 0.15) is 32.3 Å². The molecule has 2 heterocycles. The smallest absolute Gasteiger partial charge is 0.262 e.